The van der Waals surface area contributed by atoms with Crippen molar-refractivity contribution in [2.24, 2.45) is 17.8 Å². The summed E-state index contributed by atoms with van der Waals surface area (Å²) in [6.07, 6.45) is 2.70. The number of ketones is 1. The van der Waals surface area contributed by atoms with Crippen LogP contribution in [-0.2, 0) is 24.4 Å². The summed E-state index contributed by atoms with van der Waals surface area (Å²) in [6.45, 7) is 6.26. The number of benzene rings is 1. The predicted octanol–water partition coefficient (Wildman–Crippen LogP) is 1.69. The first-order valence-electron chi connectivity index (χ1n) is 13.6. The van der Waals surface area contributed by atoms with Crippen LogP contribution in [0.5, 0.6) is 0 Å². The van der Waals surface area contributed by atoms with Crippen molar-refractivity contribution in [2.45, 2.75) is 64.6 Å². The van der Waals surface area contributed by atoms with Gasteiger partial charge in [-0.05, 0) is 49.7 Å². The first kappa shape index (κ1) is 30.1. The summed E-state index contributed by atoms with van der Waals surface area (Å²) in [7, 11) is -3.68. The summed E-state index contributed by atoms with van der Waals surface area (Å²) in [5, 5.41) is 5.88. The topological polar surface area (TPSA) is 155 Å². The first-order valence-corrected chi connectivity index (χ1v) is 16.3. The van der Waals surface area contributed by atoms with E-state index < -0.39 is 45.9 Å². The number of Topliss-reactive ketones (excluding diaryl/α,β-unsaturated/α-hetero) is 1. The molecule has 2 unspecified atom stereocenters. The number of hydrogen-bond acceptors (Lipinski definition) is 8. The van der Waals surface area contributed by atoms with Crippen molar-refractivity contribution < 1.29 is 27.6 Å². The number of nitrogens with zero attached hydrogens (tertiary/aromatic N) is 2. The summed E-state index contributed by atoms with van der Waals surface area (Å²) in [5.74, 6) is -2.16. The molecule has 0 spiro atoms. The van der Waals surface area contributed by atoms with Gasteiger partial charge in [0.2, 0.25) is 33.5 Å². The van der Waals surface area contributed by atoms with Crippen molar-refractivity contribution in [2.75, 3.05) is 19.3 Å². The average Bonchev–Trinajstić information content (AvgIpc) is 3.51. The molecule has 3 heterocycles. The van der Waals surface area contributed by atoms with Crippen LogP contribution in [0, 0.1) is 17.8 Å². The van der Waals surface area contributed by atoms with E-state index in [4.69, 9.17) is 0 Å². The Kier molecular flexibility index (Phi) is 9.26. The quantitative estimate of drug-likeness (QED) is 0.355. The van der Waals surface area contributed by atoms with Crippen molar-refractivity contribution >= 4 is 55.1 Å². The maximum absolute atomic E-state index is 13.8. The maximum atomic E-state index is 13.8. The van der Waals surface area contributed by atoms with E-state index in [0.29, 0.717) is 31.3 Å². The van der Waals surface area contributed by atoms with Crippen LogP contribution in [-0.4, -0.2) is 79.3 Å². The molecule has 218 valence electrons. The van der Waals surface area contributed by atoms with Gasteiger partial charge in [0.15, 0.2) is 5.01 Å². The number of rotatable bonds is 10. The zero-order valence-corrected chi connectivity index (χ0v) is 24.8. The van der Waals surface area contributed by atoms with Crippen LogP contribution in [0.2, 0.25) is 0 Å². The van der Waals surface area contributed by atoms with E-state index in [-0.39, 0.29) is 41.5 Å². The molecule has 0 aliphatic carbocycles. The van der Waals surface area contributed by atoms with Gasteiger partial charge in [0.05, 0.1) is 22.5 Å². The Morgan fingerprint density at radius 3 is 2.55 bits per heavy atom. The third kappa shape index (κ3) is 7.05. The third-order valence-corrected chi connectivity index (χ3v) is 9.28. The van der Waals surface area contributed by atoms with E-state index in [1.165, 1.54) is 16.2 Å². The molecule has 3 amide bonds. The third-order valence-electron chi connectivity index (χ3n) is 7.54. The average molecular weight is 592 g/mol. The summed E-state index contributed by atoms with van der Waals surface area (Å²) in [5.41, 5.74) is 0.676. The van der Waals surface area contributed by atoms with Crippen molar-refractivity contribution in [3.05, 3.63) is 29.3 Å². The van der Waals surface area contributed by atoms with Crippen LogP contribution < -0.4 is 15.4 Å². The number of aromatic nitrogens is 1. The van der Waals surface area contributed by atoms with Gasteiger partial charge < -0.3 is 15.5 Å². The minimum Gasteiger partial charge on any atom is -0.356 e. The van der Waals surface area contributed by atoms with Gasteiger partial charge in [-0.15, -0.1) is 11.3 Å². The number of piperidine rings is 1. The molecule has 2 aromatic rings. The SMILES string of the molecule is CC1CCN(C(=O)[C@@H](NS(C)(=O)=O)C(C)C)C(C(=O)N[C@@H](C[C@@H]2CCNC2=O)C(=O)c2nc3ccccc3s2)C1. The smallest absolute Gasteiger partial charge is 0.243 e. The Morgan fingerprint density at radius 1 is 1.20 bits per heavy atom. The number of para-hydroxylation sites is 1. The lowest BCUT2D eigenvalue weighted by Crippen LogP contribution is -2.60. The van der Waals surface area contributed by atoms with Gasteiger partial charge in [-0.3, -0.25) is 19.2 Å². The van der Waals surface area contributed by atoms with Gasteiger partial charge in [0.25, 0.3) is 0 Å². The van der Waals surface area contributed by atoms with Crippen LogP contribution in [0.4, 0.5) is 0 Å². The molecule has 1 aromatic heterocycles. The van der Waals surface area contributed by atoms with Crippen molar-refractivity contribution in [3.8, 4) is 0 Å². The predicted molar refractivity (Wildman–Crippen MR) is 152 cm³/mol. The lowest BCUT2D eigenvalue weighted by molar-refractivity contribution is -0.145. The van der Waals surface area contributed by atoms with Crippen molar-refractivity contribution in [3.63, 3.8) is 0 Å². The van der Waals surface area contributed by atoms with Crippen LogP contribution >= 0.6 is 11.3 Å². The second kappa shape index (κ2) is 12.3. The maximum Gasteiger partial charge on any atom is 0.243 e. The molecule has 40 heavy (non-hydrogen) atoms. The number of likely N-dealkylation sites (tertiary alicyclic amines) is 1. The molecular weight excluding hydrogens is 554 g/mol. The number of nitrogens with one attached hydrogen (secondary N) is 3. The van der Waals surface area contributed by atoms with Crippen LogP contribution in [0.15, 0.2) is 24.3 Å². The van der Waals surface area contributed by atoms with Gasteiger partial charge in [-0.2, -0.15) is 0 Å². The molecule has 0 saturated carbocycles. The van der Waals surface area contributed by atoms with E-state index in [0.717, 1.165) is 11.0 Å². The number of hydrogen-bond donors (Lipinski definition) is 3. The zero-order chi connectivity index (χ0) is 29.2. The Morgan fingerprint density at radius 2 is 1.93 bits per heavy atom. The summed E-state index contributed by atoms with van der Waals surface area (Å²) in [6, 6.07) is 4.44. The highest BCUT2D eigenvalue weighted by Gasteiger charge is 2.41. The molecule has 13 heteroatoms. The normalized spacial score (nSPS) is 23.2. The van der Waals surface area contributed by atoms with Gasteiger partial charge in [0, 0.05) is 19.0 Å². The molecule has 2 aliphatic heterocycles. The molecule has 5 atom stereocenters. The molecule has 2 saturated heterocycles. The van der Waals surface area contributed by atoms with Gasteiger partial charge in [-0.25, -0.2) is 18.1 Å². The Balaban J connectivity index is 1.60. The Hall–Kier alpha value is -2.90. The highest BCUT2D eigenvalue weighted by molar-refractivity contribution is 7.88. The summed E-state index contributed by atoms with van der Waals surface area (Å²) >= 11 is 1.23. The van der Waals surface area contributed by atoms with E-state index in [2.05, 4.69) is 20.3 Å². The highest BCUT2D eigenvalue weighted by Crippen LogP contribution is 2.27. The molecule has 0 radical (unpaired) electrons. The minimum absolute atomic E-state index is 0.118. The van der Waals surface area contributed by atoms with E-state index in [1.54, 1.807) is 13.8 Å². The van der Waals surface area contributed by atoms with Crippen LogP contribution in [0.3, 0.4) is 0 Å². The fourth-order valence-electron chi connectivity index (χ4n) is 5.32. The number of amides is 3. The number of sulfonamides is 1. The first-order chi connectivity index (χ1) is 18.8. The zero-order valence-electron chi connectivity index (χ0n) is 23.2. The van der Waals surface area contributed by atoms with E-state index in [9.17, 15) is 27.6 Å². The lowest BCUT2D eigenvalue weighted by atomic mass is 9.89. The molecule has 4 rings (SSSR count). The molecular formula is C27H37N5O6S2. The minimum atomic E-state index is -3.68. The fourth-order valence-corrected chi connectivity index (χ4v) is 7.11. The van der Waals surface area contributed by atoms with Crippen LogP contribution in [0.1, 0.15) is 56.3 Å². The molecule has 0 bridgehead atoms. The van der Waals surface area contributed by atoms with Crippen LogP contribution in [0.25, 0.3) is 10.2 Å². The number of carbonyl (C=O) groups excluding carboxylic acids is 4. The molecule has 3 N–H and O–H groups in total. The second-order valence-corrected chi connectivity index (χ2v) is 14.0. The molecule has 2 fully saturated rings. The monoisotopic (exact) mass is 591 g/mol. The number of carbonyl (C=O) groups is 4. The molecule has 1 aromatic carbocycles. The lowest BCUT2D eigenvalue weighted by Gasteiger charge is -2.40. The number of fused-ring (bicyclic) bond motifs is 1. The largest absolute Gasteiger partial charge is 0.356 e. The summed E-state index contributed by atoms with van der Waals surface area (Å²) in [4.78, 5) is 59.4. The van der Waals surface area contributed by atoms with Crippen molar-refractivity contribution in [1.82, 2.24) is 25.2 Å². The highest BCUT2D eigenvalue weighted by atomic mass is 32.2. The van der Waals surface area contributed by atoms with E-state index >= 15 is 0 Å². The Labute approximate surface area is 238 Å². The van der Waals surface area contributed by atoms with E-state index in [1.807, 2.05) is 31.2 Å². The van der Waals surface area contributed by atoms with Gasteiger partial charge in [0.1, 0.15) is 12.1 Å². The summed E-state index contributed by atoms with van der Waals surface area (Å²) < 4.78 is 27.2. The van der Waals surface area contributed by atoms with Gasteiger partial charge >= 0.3 is 0 Å². The molecule has 11 nitrogen and oxygen atoms in total. The standard InChI is InChI=1S/C27H37N5O6S2/c1-15(2)22(31-40(4,37)38)27(36)32-12-10-16(3)13-20(32)25(35)29-19(14-17-9-11-28-24(17)34)23(33)26-30-18-7-5-6-8-21(18)39-26/h5-8,15-17,19-20,22,31H,9-14H2,1-4H3,(H,28,34)(H,29,35)/t16?,17-,19-,20?,22-/m0/s1. The second-order valence-electron chi connectivity index (χ2n) is 11.2. The van der Waals surface area contributed by atoms with Crippen molar-refractivity contribution in [1.29, 1.82) is 0 Å². The Bertz CT molecular complexity index is 1360. The van der Waals surface area contributed by atoms with Gasteiger partial charge in [-0.1, -0.05) is 32.9 Å². The molecule has 2 aliphatic rings. The fraction of sp³-hybridized carbons (Fsp3) is 0.593. The number of thiazole rings is 1.